The molecule has 2 heterocycles. The summed E-state index contributed by atoms with van der Waals surface area (Å²) in [5.41, 5.74) is 4.43. The molecule has 0 aliphatic carbocycles. The average Bonchev–Trinajstić information content (AvgIpc) is 2.78. The predicted octanol–water partition coefficient (Wildman–Crippen LogP) is 4.86. The van der Waals surface area contributed by atoms with Crippen molar-refractivity contribution in [1.82, 2.24) is 9.97 Å². The Morgan fingerprint density at radius 3 is 2.27 bits per heavy atom. The molecule has 4 aromatic rings. The van der Waals surface area contributed by atoms with E-state index in [2.05, 4.69) is 9.97 Å². The molecule has 0 spiro atoms. The van der Waals surface area contributed by atoms with Crippen LogP contribution in [0.2, 0.25) is 0 Å². The number of rotatable bonds is 6. The zero-order valence-corrected chi connectivity index (χ0v) is 20.2. The van der Waals surface area contributed by atoms with Crippen LogP contribution in [0.4, 0.5) is 0 Å². The van der Waals surface area contributed by atoms with E-state index >= 15 is 0 Å². The monoisotopic (exact) mass is 480 g/mol. The number of nitrogens with zero attached hydrogens (tertiary/aromatic N) is 2. The molecule has 0 radical (unpaired) electrons. The molecule has 1 atom stereocenters. The summed E-state index contributed by atoms with van der Waals surface area (Å²) in [5.74, 6) is 0. The SMILES string of the molecule is CCC(c1cc(-c2cccc(-c3cccc(S(C)(=O)=O)n3)c2)c2ncccc2c1)S(C)(=O)=O. The summed E-state index contributed by atoms with van der Waals surface area (Å²) in [7, 11) is -6.73. The first-order valence-corrected chi connectivity index (χ1v) is 14.3. The lowest BCUT2D eigenvalue weighted by molar-refractivity contribution is 0.585. The smallest absolute Gasteiger partial charge is 0.192 e. The van der Waals surface area contributed by atoms with Gasteiger partial charge in [0.2, 0.25) is 0 Å². The lowest BCUT2D eigenvalue weighted by Crippen LogP contribution is -2.10. The van der Waals surface area contributed by atoms with E-state index in [-0.39, 0.29) is 5.03 Å². The second-order valence-electron chi connectivity index (χ2n) is 8.08. The van der Waals surface area contributed by atoms with Gasteiger partial charge in [0.25, 0.3) is 0 Å². The Kier molecular flexibility index (Phi) is 6.07. The third kappa shape index (κ3) is 4.82. The van der Waals surface area contributed by atoms with Crippen molar-refractivity contribution in [2.45, 2.75) is 23.6 Å². The maximum atomic E-state index is 12.4. The van der Waals surface area contributed by atoms with Crippen LogP contribution in [0.3, 0.4) is 0 Å². The number of aromatic nitrogens is 2. The van der Waals surface area contributed by atoms with E-state index in [4.69, 9.17) is 0 Å². The first kappa shape index (κ1) is 23.1. The van der Waals surface area contributed by atoms with Crippen LogP contribution in [0.15, 0.2) is 78.0 Å². The zero-order chi connectivity index (χ0) is 23.8. The zero-order valence-electron chi connectivity index (χ0n) is 18.6. The second-order valence-corrected chi connectivity index (χ2v) is 12.3. The van der Waals surface area contributed by atoms with Crippen molar-refractivity contribution in [1.29, 1.82) is 0 Å². The maximum Gasteiger partial charge on any atom is 0.192 e. The molecule has 2 aromatic heterocycles. The van der Waals surface area contributed by atoms with E-state index in [1.807, 2.05) is 55.5 Å². The fourth-order valence-corrected chi connectivity index (χ4v) is 5.86. The van der Waals surface area contributed by atoms with Gasteiger partial charge in [-0.3, -0.25) is 4.98 Å². The molecule has 4 rings (SSSR count). The first-order chi connectivity index (χ1) is 15.6. The van der Waals surface area contributed by atoms with Crippen molar-refractivity contribution in [3.8, 4) is 22.4 Å². The molecule has 6 nitrogen and oxygen atoms in total. The fraction of sp³-hybridized carbons (Fsp3) is 0.200. The van der Waals surface area contributed by atoms with Gasteiger partial charge in [-0.15, -0.1) is 0 Å². The van der Waals surface area contributed by atoms with Gasteiger partial charge in [0.15, 0.2) is 24.7 Å². The minimum Gasteiger partial charge on any atom is -0.256 e. The molecule has 0 aliphatic rings. The standard InChI is InChI=1S/C25H24N2O4S2/c1-4-23(32(2,28)29)20-15-19-10-7-13-26-25(19)21(16-20)17-8-5-9-18(14-17)22-11-6-12-24(27-22)33(3,30)31/h5-16,23H,4H2,1-3H3. The largest absolute Gasteiger partial charge is 0.256 e. The number of benzene rings is 2. The van der Waals surface area contributed by atoms with Gasteiger partial charge in [-0.25, -0.2) is 21.8 Å². The highest BCUT2D eigenvalue weighted by Gasteiger charge is 2.23. The molecular weight excluding hydrogens is 456 g/mol. The van der Waals surface area contributed by atoms with Crippen LogP contribution >= 0.6 is 0 Å². The molecule has 1 unspecified atom stereocenters. The highest BCUT2D eigenvalue weighted by Crippen LogP contribution is 2.35. The molecular formula is C25H24N2O4S2. The van der Waals surface area contributed by atoms with Gasteiger partial charge in [0.05, 0.1) is 16.5 Å². The summed E-state index contributed by atoms with van der Waals surface area (Å²) >= 11 is 0. The Balaban J connectivity index is 1.92. The van der Waals surface area contributed by atoms with Crippen LogP contribution < -0.4 is 0 Å². The molecule has 8 heteroatoms. The van der Waals surface area contributed by atoms with E-state index in [0.29, 0.717) is 12.1 Å². The third-order valence-electron chi connectivity index (χ3n) is 5.56. The van der Waals surface area contributed by atoms with E-state index < -0.39 is 24.9 Å². The quantitative estimate of drug-likeness (QED) is 0.391. The summed E-state index contributed by atoms with van der Waals surface area (Å²) in [4.78, 5) is 8.87. The van der Waals surface area contributed by atoms with Crippen LogP contribution in [0.1, 0.15) is 24.2 Å². The Morgan fingerprint density at radius 1 is 0.848 bits per heavy atom. The Labute approximate surface area is 194 Å². The van der Waals surface area contributed by atoms with Gasteiger partial charge in [-0.1, -0.05) is 37.3 Å². The van der Waals surface area contributed by atoms with Gasteiger partial charge >= 0.3 is 0 Å². The van der Waals surface area contributed by atoms with Crippen molar-refractivity contribution >= 4 is 30.6 Å². The number of hydrogen-bond donors (Lipinski definition) is 0. The summed E-state index contributed by atoms with van der Waals surface area (Å²) in [6.45, 7) is 1.86. The van der Waals surface area contributed by atoms with E-state index in [0.717, 1.165) is 39.4 Å². The Morgan fingerprint density at radius 2 is 1.58 bits per heavy atom. The van der Waals surface area contributed by atoms with Gasteiger partial charge in [-0.05, 0) is 53.9 Å². The normalized spacial score (nSPS) is 13.2. The topological polar surface area (TPSA) is 94.1 Å². The molecule has 0 fully saturated rings. The van der Waals surface area contributed by atoms with Crippen LogP contribution in [-0.2, 0) is 19.7 Å². The molecule has 0 N–H and O–H groups in total. The number of pyridine rings is 2. The van der Waals surface area contributed by atoms with Crippen LogP contribution in [0.25, 0.3) is 33.3 Å². The molecule has 0 bridgehead atoms. The molecule has 0 aliphatic heterocycles. The molecule has 0 amide bonds. The van der Waals surface area contributed by atoms with E-state index in [1.165, 1.54) is 12.3 Å². The average molecular weight is 481 g/mol. The molecule has 2 aromatic carbocycles. The molecule has 0 saturated heterocycles. The van der Waals surface area contributed by atoms with Crippen LogP contribution in [0, 0.1) is 0 Å². The highest BCUT2D eigenvalue weighted by molar-refractivity contribution is 7.91. The van der Waals surface area contributed by atoms with E-state index in [1.54, 1.807) is 18.3 Å². The van der Waals surface area contributed by atoms with Gasteiger partial charge < -0.3 is 0 Å². The number of sulfone groups is 2. The summed E-state index contributed by atoms with van der Waals surface area (Å²) < 4.78 is 48.7. The third-order valence-corrected chi connectivity index (χ3v) is 8.19. The maximum absolute atomic E-state index is 12.4. The number of hydrogen-bond acceptors (Lipinski definition) is 6. The minimum atomic E-state index is -3.43. The van der Waals surface area contributed by atoms with Gasteiger partial charge in [0, 0.05) is 35.2 Å². The van der Waals surface area contributed by atoms with E-state index in [9.17, 15) is 16.8 Å². The van der Waals surface area contributed by atoms with Crippen LogP contribution in [0.5, 0.6) is 0 Å². The predicted molar refractivity (Wildman–Crippen MR) is 131 cm³/mol. The summed E-state index contributed by atoms with van der Waals surface area (Å²) in [6, 6.07) is 20.0. The van der Waals surface area contributed by atoms with Crippen molar-refractivity contribution in [3.05, 3.63) is 78.5 Å². The van der Waals surface area contributed by atoms with Crippen molar-refractivity contribution < 1.29 is 16.8 Å². The van der Waals surface area contributed by atoms with Crippen molar-refractivity contribution in [2.24, 2.45) is 0 Å². The summed E-state index contributed by atoms with van der Waals surface area (Å²) in [6.07, 6.45) is 4.56. The Bertz CT molecular complexity index is 1560. The van der Waals surface area contributed by atoms with Crippen molar-refractivity contribution in [2.75, 3.05) is 12.5 Å². The molecule has 0 saturated carbocycles. The first-order valence-electron chi connectivity index (χ1n) is 10.4. The molecule has 170 valence electrons. The van der Waals surface area contributed by atoms with Gasteiger partial charge in [-0.2, -0.15) is 0 Å². The lowest BCUT2D eigenvalue weighted by Gasteiger charge is -2.17. The van der Waals surface area contributed by atoms with Crippen molar-refractivity contribution in [3.63, 3.8) is 0 Å². The highest BCUT2D eigenvalue weighted by atomic mass is 32.2. The lowest BCUT2D eigenvalue weighted by atomic mass is 9.95. The van der Waals surface area contributed by atoms with Crippen LogP contribution in [-0.4, -0.2) is 39.3 Å². The fourth-order valence-electron chi connectivity index (χ4n) is 4.04. The molecule has 33 heavy (non-hydrogen) atoms. The summed E-state index contributed by atoms with van der Waals surface area (Å²) in [5, 5.41) is 0.255. The minimum absolute atomic E-state index is 0.0125. The second kappa shape index (κ2) is 8.68. The number of fused-ring (bicyclic) bond motifs is 1. The van der Waals surface area contributed by atoms with Gasteiger partial charge in [0.1, 0.15) is 0 Å². The Hall–Kier alpha value is -3.10.